The van der Waals surface area contributed by atoms with Crippen LogP contribution in [0.15, 0.2) is 51.4 Å². The second kappa shape index (κ2) is 6.76. The number of anilines is 1. The van der Waals surface area contributed by atoms with Crippen LogP contribution in [0.3, 0.4) is 0 Å². The van der Waals surface area contributed by atoms with Crippen molar-refractivity contribution in [1.82, 2.24) is 10.3 Å². The van der Waals surface area contributed by atoms with Gasteiger partial charge in [0.15, 0.2) is 6.17 Å². The number of nitrogens with zero attached hydrogens (tertiary/aromatic N) is 3. The van der Waals surface area contributed by atoms with E-state index in [9.17, 15) is 4.79 Å². The van der Waals surface area contributed by atoms with Crippen LogP contribution in [-0.2, 0) is 0 Å². The highest BCUT2D eigenvalue weighted by Crippen LogP contribution is 2.34. The van der Waals surface area contributed by atoms with Gasteiger partial charge in [-0.25, -0.2) is 9.98 Å². The van der Waals surface area contributed by atoms with Crippen LogP contribution in [0.5, 0.6) is 5.75 Å². The molecule has 1 aliphatic heterocycles. The number of nitrogens with two attached hydrogens (primary N) is 1. The number of carbonyl (C=O) groups excluding carboxylic acids is 1. The summed E-state index contributed by atoms with van der Waals surface area (Å²) < 4.78 is 10.7. The normalized spacial score (nSPS) is 15.9. The van der Waals surface area contributed by atoms with Crippen molar-refractivity contribution < 1.29 is 13.9 Å². The van der Waals surface area contributed by atoms with Gasteiger partial charge in [-0.3, -0.25) is 9.69 Å². The average Bonchev–Trinajstić information content (AvgIpc) is 3.37. The summed E-state index contributed by atoms with van der Waals surface area (Å²) in [7, 11) is 3.18. The van der Waals surface area contributed by atoms with E-state index in [1.54, 1.807) is 31.9 Å². The fourth-order valence-corrected chi connectivity index (χ4v) is 3.68. The minimum absolute atomic E-state index is 0.250. The van der Waals surface area contributed by atoms with Crippen LogP contribution in [0.4, 0.5) is 5.69 Å². The number of ether oxygens (including phenoxy) is 1. The highest BCUT2D eigenvalue weighted by molar-refractivity contribution is 7.10. The van der Waals surface area contributed by atoms with E-state index in [2.05, 4.69) is 15.3 Å². The first kappa shape index (κ1) is 17.1. The van der Waals surface area contributed by atoms with Gasteiger partial charge in [0.25, 0.3) is 5.91 Å². The number of rotatable bonds is 4. The number of amides is 1. The van der Waals surface area contributed by atoms with Gasteiger partial charge in [-0.1, -0.05) is 0 Å². The van der Waals surface area contributed by atoms with E-state index in [1.165, 1.54) is 11.3 Å². The van der Waals surface area contributed by atoms with Gasteiger partial charge in [0.05, 0.1) is 18.6 Å². The van der Waals surface area contributed by atoms with Crippen molar-refractivity contribution in [3.8, 4) is 5.75 Å². The highest BCUT2D eigenvalue weighted by Gasteiger charge is 2.30. The second-order valence-electron chi connectivity index (χ2n) is 5.75. The fraction of sp³-hybridized carbons (Fsp3) is 0.167. The molecule has 0 saturated heterocycles. The smallest absolute Gasteiger partial charge is 0.270 e. The zero-order valence-corrected chi connectivity index (χ0v) is 15.5. The molecule has 1 aromatic carbocycles. The van der Waals surface area contributed by atoms with Gasteiger partial charge in [-0.15, -0.1) is 11.3 Å². The van der Waals surface area contributed by atoms with E-state index >= 15 is 0 Å². The predicted octanol–water partition coefficient (Wildman–Crippen LogP) is 0.967. The van der Waals surface area contributed by atoms with E-state index in [-0.39, 0.29) is 5.91 Å². The first-order chi connectivity index (χ1) is 13.1. The number of thiazole rings is 1. The molecule has 1 aliphatic rings. The highest BCUT2D eigenvalue weighted by atomic mass is 32.1. The SMILES string of the molecule is CNC(=O)c1csc(C2N=c3occc3=C(N)N2c2ccc(OC)cc2)n1. The molecule has 3 aromatic rings. The number of fused-ring (bicyclic) bond motifs is 1. The van der Waals surface area contributed by atoms with Crippen molar-refractivity contribution in [2.24, 2.45) is 10.7 Å². The molecule has 2 aromatic heterocycles. The van der Waals surface area contributed by atoms with E-state index < -0.39 is 6.17 Å². The Labute approximate surface area is 158 Å². The largest absolute Gasteiger partial charge is 0.497 e. The van der Waals surface area contributed by atoms with Crippen LogP contribution in [0.25, 0.3) is 5.82 Å². The molecule has 1 amide bonds. The minimum atomic E-state index is -0.541. The molecule has 0 fully saturated rings. The van der Waals surface area contributed by atoms with Crippen LogP contribution >= 0.6 is 11.3 Å². The topological polar surface area (TPSA) is 106 Å². The van der Waals surface area contributed by atoms with Gasteiger partial charge in [0.1, 0.15) is 22.3 Å². The molecule has 0 aliphatic carbocycles. The van der Waals surface area contributed by atoms with Crippen LogP contribution < -0.4 is 31.5 Å². The molecular weight excluding hydrogens is 366 g/mol. The lowest BCUT2D eigenvalue weighted by Gasteiger charge is -2.31. The Kier molecular flexibility index (Phi) is 4.28. The van der Waals surface area contributed by atoms with Gasteiger partial charge >= 0.3 is 0 Å². The van der Waals surface area contributed by atoms with Gasteiger partial charge in [-0.05, 0) is 30.3 Å². The second-order valence-corrected chi connectivity index (χ2v) is 6.64. The van der Waals surface area contributed by atoms with Crippen LogP contribution in [0.1, 0.15) is 21.7 Å². The number of hydrogen-bond acceptors (Lipinski definition) is 8. The van der Waals surface area contributed by atoms with E-state index in [1.807, 2.05) is 29.2 Å². The van der Waals surface area contributed by atoms with Crippen molar-refractivity contribution in [3.05, 3.63) is 63.4 Å². The number of furan rings is 1. The monoisotopic (exact) mass is 383 g/mol. The molecule has 1 unspecified atom stereocenters. The molecule has 0 saturated carbocycles. The van der Waals surface area contributed by atoms with Gasteiger partial charge < -0.3 is 20.2 Å². The molecule has 0 spiro atoms. The number of benzene rings is 1. The maximum absolute atomic E-state index is 11.9. The zero-order valence-electron chi connectivity index (χ0n) is 14.7. The van der Waals surface area contributed by atoms with Crippen molar-refractivity contribution in [2.75, 3.05) is 19.1 Å². The van der Waals surface area contributed by atoms with E-state index in [0.717, 1.165) is 11.4 Å². The third-order valence-corrected chi connectivity index (χ3v) is 5.10. The van der Waals surface area contributed by atoms with Crippen molar-refractivity contribution >= 4 is 28.8 Å². The van der Waals surface area contributed by atoms with E-state index in [0.29, 0.717) is 27.3 Å². The molecule has 0 bridgehead atoms. The standard InChI is InChI=1S/C18H17N5O3S/c1-20-16(24)13-9-27-18(21-13)15-22-17-12(7-8-26-17)14(19)23(15)10-3-5-11(25-2)6-4-10/h3-9,15H,19H2,1-2H3,(H,20,24). The molecule has 4 rings (SSSR count). The molecule has 0 radical (unpaired) electrons. The summed E-state index contributed by atoms with van der Waals surface area (Å²) in [5.41, 5.74) is 8.05. The van der Waals surface area contributed by atoms with Crippen molar-refractivity contribution in [1.29, 1.82) is 0 Å². The summed E-state index contributed by atoms with van der Waals surface area (Å²) in [4.78, 5) is 22.9. The minimum Gasteiger partial charge on any atom is -0.497 e. The predicted molar refractivity (Wildman–Crippen MR) is 101 cm³/mol. The molecule has 9 heteroatoms. The molecule has 3 heterocycles. The first-order valence-corrected chi connectivity index (χ1v) is 9.02. The Morgan fingerprint density at radius 2 is 2.11 bits per heavy atom. The molecule has 138 valence electrons. The third-order valence-electron chi connectivity index (χ3n) is 4.22. The maximum atomic E-state index is 11.9. The van der Waals surface area contributed by atoms with Gasteiger partial charge in [0.2, 0.25) is 5.55 Å². The maximum Gasteiger partial charge on any atom is 0.270 e. The van der Waals surface area contributed by atoms with Gasteiger partial charge in [0, 0.05) is 18.1 Å². The summed E-state index contributed by atoms with van der Waals surface area (Å²) in [6, 6.07) is 9.27. The Balaban J connectivity index is 1.84. The number of nitrogens with one attached hydrogen (secondary N) is 1. The Morgan fingerprint density at radius 1 is 1.33 bits per heavy atom. The quantitative estimate of drug-likeness (QED) is 0.695. The summed E-state index contributed by atoms with van der Waals surface area (Å²) >= 11 is 1.34. The Morgan fingerprint density at radius 3 is 2.81 bits per heavy atom. The Bertz CT molecular complexity index is 1100. The van der Waals surface area contributed by atoms with Crippen LogP contribution in [0, 0.1) is 0 Å². The summed E-state index contributed by atoms with van der Waals surface area (Å²) in [6.07, 6.45) is 1.01. The zero-order chi connectivity index (χ0) is 19.0. The number of hydrogen-bond donors (Lipinski definition) is 2. The van der Waals surface area contributed by atoms with Gasteiger partial charge in [-0.2, -0.15) is 0 Å². The number of methoxy groups -OCH3 is 1. The first-order valence-electron chi connectivity index (χ1n) is 8.14. The average molecular weight is 383 g/mol. The Hall–Kier alpha value is -3.33. The summed E-state index contributed by atoms with van der Waals surface area (Å²) in [5.74, 6) is 0.989. The number of aromatic nitrogens is 1. The molecule has 1 atom stereocenters. The lowest BCUT2D eigenvalue weighted by atomic mass is 10.2. The fourth-order valence-electron chi connectivity index (χ4n) is 2.85. The van der Waals surface area contributed by atoms with Crippen molar-refractivity contribution in [2.45, 2.75) is 6.17 Å². The van der Waals surface area contributed by atoms with E-state index in [4.69, 9.17) is 14.9 Å². The molecule has 8 nitrogen and oxygen atoms in total. The summed E-state index contributed by atoms with van der Waals surface area (Å²) in [6.45, 7) is 0. The van der Waals surface area contributed by atoms with Crippen LogP contribution in [-0.4, -0.2) is 25.0 Å². The molecular formula is C18H17N5O3S. The molecule has 27 heavy (non-hydrogen) atoms. The molecule has 3 N–H and O–H groups in total. The lowest BCUT2D eigenvalue weighted by molar-refractivity contribution is 0.0958. The third kappa shape index (κ3) is 2.91. The summed E-state index contributed by atoms with van der Waals surface area (Å²) in [5, 5.41) is 5.62. The number of carbonyl (C=O) groups is 1. The lowest BCUT2D eigenvalue weighted by Crippen LogP contribution is -2.43. The van der Waals surface area contributed by atoms with Crippen LogP contribution in [0.2, 0.25) is 0 Å². The van der Waals surface area contributed by atoms with Crippen molar-refractivity contribution in [3.63, 3.8) is 0 Å².